The third-order valence-electron chi connectivity index (χ3n) is 5.62. The van der Waals surface area contributed by atoms with Gasteiger partial charge in [-0.15, -0.1) is 22.7 Å². The van der Waals surface area contributed by atoms with Crippen LogP contribution in [0.15, 0.2) is 71.4 Å². The van der Waals surface area contributed by atoms with E-state index < -0.39 is 11.6 Å². The number of esters is 1. The van der Waals surface area contributed by atoms with Crippen LogP contribution in [0.25, 0.3) is 6.08 Å². The van der Waals surface area contributed by atoms with Gasteiger partial charge in [0, 0.05) is 6.42 Å². The van der Waals surface area contributed by atoms with Gasteiger partial charge in [-0.1, -0.05) is 48.5 Å². The molecule has 1 aliphatic heterocycles. The molecule has 0 saturated carbocycles. The third kappa shape index (κ3) is 5.35. The Hall–Kier alpha value is -1.77. The molecule has 4 nitrogen and oxygen atoms in total. The van der Waals surface area contributed by atoms with Crippen molar-refractivity contribution in [1.29, 1.82) is 0 Å². The summed E-state index contributed by atoms with van der Waals surface area (Å²) in [5.41, 5.74) is -0.551. The molecule has 1 aliphatic rings. The second kappa shape index (κ2) is 10.2. The van der Waals surface area contributed by atoms with Gasteiger partial charge in [0.1, 0.15) is 6.54 Å². The lowest BCUT2D eigenvalue weighted by atomic mass is 10.00. The van der Waals surface area contributed by atoms with Crippen LogP contribution in [0.2, 0.25) is 0 Å². The van der Waals surface area contributed by atoms with E-state index in [1.807, 2.05) is 41.1 Å². The summed E-state index contributed by atoms with van der Waals surface area (Å²) >= 11 is 2.73. The highest BCUT2D eigenvalue weighted by atomic mass is 79.9. The minimum absolute atomic E-state index is 0. The van der Waals surface area contributed by atoms with Gasteiger partial charge in [-0.05, 0) is 34.5 Å². The number of nitrogens with zero attached hydrogens (tertiary/aromatic N) is 1. The monoisotopic (exact) mass is 519 g/mol. The smallest absolute Gasteiger partial charge is 0.349 e. The Labute approximate surface area is 201 Å². The number of hydrogen-bond donors (Lipinski definition) is 1. The lowest BCUT2D eigenvalue weighted by Gasteiger charge is -2.29. The number of carbonyl (C=O) groups is 1. The van der Waals surface area contributed by atoms with Crippen LogP contribution < -0.4 is 17.0 Å². The minimum Gasteiger partial charge on any atom is -1.00 e. The summed E-state index contributed by atoms with van der Waals surface area (Å²) in [6, 6.07) is 17.5. The van der Waals surface area contributed by atoms with Gasteiger partial charge in [-0.25, -0.2) is 4.79 Å². The summed E-state index contributed by atoms with van der Waals surface area (Å²) in [6.07, 6.45) is 4.92. The molecule has 1 fully saturated rings. The molecule has 1 N–H and O–H groups in total. The van der Waals surface area contributed by atoms with Gasteiger partial charge in [-0.3, -0.25) is 0 Å². The summed E-state index contributed by atoms with van der Waals surface area (Å²) in [7, 11) is 2.19. The Bertz CT molecular complexity index is 955. The van der Waals surface area contributed by atoms with E-state index in [2.05, 4.69) is 31.3 Å². The zero-order chi connectivity index (χ0) is 21.0. The van der Waals surface area contributed by atoms with Crippen LogP contribution in [0.3, 0.4) is 0 Å². The minimum atomic E-state index is -1.73. The number of rotatable bonds is 7. The van der Waals surface area contributed by atoms with Crippen molar-refractivity contribution < 1.29 is 36.1 Å². The first-order valence-electron chi connectivity index (χ1n) is 10.1. The van der Waals surface area contributed by atoms with Crippen molar-refractivity contribution in [2.24, 2.45) is 0 Å². The molecule has 2 unspecified atom stereocenters. The fourth-order valence-electron chi connectivity index (χ4n) is 3.93. The molecule has 0 radical (unpaired) electrons. The molecule has 31 heavy (non-hydrogen) atoms. The molecule has 4 rings (SSSR count). The number of likely N-dealkylation sites (N-methyl/N-ethyl adjacent to an activating group) is 1. The Balaban J connectivity index is 0.00000272. The summed E-state index contributed by atoms with van der Waals surface area (Å²) in [5, 5.41) is 15.1. The highest BCUT2D eigenvalue weighted by molar-refractivity contribution is 7.12. The van der Waals surface area contributed by atoms with E-state index in [4.69, 9.17) is 4.74 Å². The lowest BCUT2D eigenvalue weighted by Crippen LogP contribution is -3.00. The average molecular weight is 521 g/mol. The van der Waals surface area contributed by atoms with Crippen LogP contribution in [-0.4, -0.2) is 48.3 Å². The standard InChI is InChI=1S/C24H26NO3S2.BrH/c1-25(14-5-10-19-8-3-2-4-9-19)15-13-20(18-25)28-23(26)24(27,21-11-6-16-29-21)22-12-7-17-30-22;/h2-12,16-17,20,27H,13-15,18H2,1H3;1H/q+1;/p-1. The molecule has 164 valence electrons. The van der Waals surface area contributed by atoms with Gasteiger partial charge in [0.25, 0.3) is 0 Å². The third-order valence-corrected chi connectivity index (χ3v) is 7.57. The second-order valence-electron chi connectivity index (χ2n) is 8.00. The van der Waals surface area contributed by atoms with E-state index in [1.165, 1.54) is 28.2 Å². The normalized spacial score (nSPS) is 21.2. The molecule has 3 aromatic rings. The Morgan fingerprint density at radius 1 is 1.13 bits per heavy atom. The maximum absolute atomic E-state index is 13.1. The van der Waals surface area contributed by atoms with Crippen molar-refractivity contribution in [1.82, 2.24) is 0 Å². The molecular weight excluding hydrogens is 494 g/mol. The number of hydrogen-bond acceptors (Lipinski definition) is 5. The largest absolute Gasteiger partial charge is 1.00 e. The fourth-order valence-corrected chi connectivity index (χ4v) is 5.64. The van der Waals surface area contributed by atoms with Crippen LogP contribution >= 0.6 is 22.7 Å². The summed E-state index contributed by atoms with van der Waals surface area (Å²) in [6.45, 7) is 2.56. The molecule has 0 bridgehead atoms. The zero-order valence-electron chi connectivity index (χ0n) is 17.3. The van der Waals surface area contributed by atoms with Crippen molar-refractivity contribution >= 4 is 34.7 Å². The second-order valence-corrected chi connectivity index (χ2v) is 9.90. The Morgan fingerprint density at radius 2 is 1.77 bits per heavy atom. The molecule has 2 atom stereocenters. The highest BCUT2D eigenvalue weighted by Crippen LogP contribution is 2.37. The van der Waals surface area contributed by atoms with Crippen LogP contribution in [0.4, 0.5) is 0 Å². The topological polar surface area (TPSA) is 46.5 Å². The molecule has 0 aliphatic carbocycles. The van der Waals surface area contributed by atoms with Crippen LogP contribution in [-0.2, 0) is 15.1 Å². The molecule has 0 amide bonds. The molecular formula is C24H26BrNO3S2. The number of halogens is 1. The van der Waals surface area contributed by atoms with Crippen molar-refractivity contribution in [3.8, 4) is 0 Å². The van der Waals surface area contributed by atoms with E-state index in [0.29, 0.717) is 9.75 Å². The van der Waals surface area contributed by atoms with Crippen molar-refractivity contribution in [3.05, 3.63) is 86.8 Å². The first-order valence-corrected chi connectivity index (χ1v) is 11.8. The Kier molecular flexibility index (Phi) is 7.88. The predicted octanol–water partition coefficient (Wildman–Crippen LogP) is 1.52. The maximum atomic E-state index is 13.1. The van der Waals surface area contributed by atoms with E-state index in [9.17, 15) is 9.90 Å². The summed E-state index contributed by atoms with van der Waals surface area (Å²) in [5.74, 6) is -0.578. The number of likely N-dealkylation sites (tertiary alicyclic amines) is 1. The van der Waals surface area contributed by atoms with E-state index in [-0.39, 0.29) is 23.1 Å². The number of benzene rings is 1. The van der Waals surface area contributed by atoms with Crippen LogP contribution in [0.1, 0.15) is 21.7 Å². The van der Waals surface area contributed by atoms with Gasteiger partial charge in [-0.2, -0.15) is 0 Å². The predicted molar refractivity (Wildman–Crippen MR) is 122 cm³/mol. The van der Waals surface area contributed by atoms with Crippen LogP contribution in [0, 0.1) is 0 Å². The molecule has 1 saturated heterocycles. The average Bonchev–Trinajstić information content (AvgIpc) is 3.51. The number of thiophene rings is 2. The summed E-state index contributed by atoms with van der Waals surface area (Å²) < 4.78 is 6.69. The number of ether oxygens (including phenoxy) is 1. The molecule has 7 heteroatoms. The first kappa shape index (κ1) is 23.9. The van der Waals surface area contributed by atoms with E-state index in [0.717, 1.165) is 30.5 Å². The van der Waals surface area contributed by atoms with Crippen LogP contribution in [0.5, 0.6) is 0 Å². The van der Waals surface area contributed by atoms with E-state index in [1.54, 1.807) is 12.1 Å². The molecule has 0 spiro atoms. The number of quaternary nitrogens is 1. The molecule has 1 aromatic carbocycles. The zero-order valence-corrected chi connectivity index (χ0v) is 20.5. The maximum Gasteiger partial charge on any atom is 0.349 e. The molecule has 3 heterocycles. The number of aliphatic hydroxyl groups is 1. The van der Waals surface area contributed by atoms with Gasteiger partial charge in [0.15, 0.2) is 6.10 Å². The lowest BCUT2D eigenvalue weighted by molar-refractivity contribution is -0.893. The van der Waals surface area contributed by atoms with Gasteiger partial charge >= 0.3 is 5.97 Å². The van der Waals surface area contributed by atoms with E-state index >= 15 is 0 Å². The van der Waals surface area contributed by atoms with Crippen molar-refractivity contribution in [2.45, 2.75) is 18.1 Å². The van der Waals surface area contributed by atoms with Crippen molar-refractivity contribution in [2.75, 3.05) is 26.7 Å². The van der Waals surface area contributed by atoms with Crippen molar-refractivity contribution in [3.63, 3.8) is 0 Å². The SMILES string of the molecule is C[N+]1(CC=Cc2ccccc2)CCC(OC(=O)C(O)(c2cccs2)c2cccs2)C1.[Br-]. The van der Waals surface area contributed by atoms with Gasteiger partial charge in [0.2, 0.25) is 5.60 Å². The summed E-state index contributed by atoms with van der Waals surface area (Å²) in [4.78, 5) is 14.3. The quantitative estimate of drug-likeness (QED) is 0.380. The first-order chi connectivity index (χ1) is 14.5. The number of carbonyl (C=O) groups excluding carboxylic acids is 1. The molecule has 2 aromatic heterocycles. The Morgan fingerprint density at radius 3 is 2.35 bits per heavy atom. The fraction of sp³-hybridized carbons (Fsp3) is 0.292. The highest BCUT2D eigenvalue weighted by Gasteiger charge is 2.46. The van der Waals surface area contributed by atoms with Gasteiger partial charge in [0.05, 0.1) is 29.9 Å². The van der Waals surface area contributed by atoms with Gasteiger partial charge < -0.3 is 31.3 Å².